The normalized spacial score (nSPS) is 36.5. The zero-order valence-electron chi connectivity index (χ0n) is 9.05. The molecule has 4 unspecified atom stereocenters. The second-order valence-electron chi connectivity index (χ2n) is 3.92. The molecule has 1 rings (SSSR count). The Morgan fingerprint density at radius 2 is 2.00 bits per heavy atom. The number of rotatable bonds is 4. The highest BCUT2D eigenvalue weighted by atomic mass is 16.5. The number of carbonyl (C=O) groups is 1. The number of aliphatic carboxylic acids is 1. The van der Waals surface area contributed by atoms with E-state index >= 15 is 0 Å². The van der Waals surface area contributed by atoms with Gasteiger partial charge in [0, 0.05) is 26.7 Å². The monoisotopic (exact) mass is 218 g/mol. The summed E-state index contributed by atoms with van der Waals surface area (Å²) in [7, 11) is 3.09. The fraction of sp³-hybridized carbons (Fsp3) is 0.900. The topological polar surface area (TPSA) is 76.0 Å². The van der Waals surface area contributed by atoms with Gasteiger partial charge in [-0.3, -0.25) is 4.79 Å². The van der Waals surface area contributed by atoms with E-state index in [2.05, 4.69) is 0 Å². The molecule has 0 aromatic rings. The van der Waals surface area contributed by atoms with Gasteiger partial charge in [0.25, 0.3) is 0 Å². The molecule has 0 amide bonds. The molecule has 0 aromatic heterocycles. The van der Waals surface area contributed by atoms with Gasteiger partial charge < -0.3 is 19.7 Å². The van der Waals surface area contributed by atoms with Crippen LogP contribution in [-0.2, 0) is 14.3 Å². The van der Waals surface area contributed by atoms with E-state index in [0.717, 1.165) is 0 Å². The minimum Gasteiger partial charge on any atom is -0.481 e. The van der Waals surface area contributed by atoms with Crippen LogP contribution >= 0.6 is 0 Å². The van der Waals surface area contributed by atoms with Gasteiger partial charge in [0.15, 0.2) is 0 Å². The van der Waals surface area contributed by atoms with Crippen LogP contribution in [0.2, 0.25) is 0 Å². The second-order valence-corrected chi connectivity index (χ2v) is 3.92. The Morgan fingerprint density at radius 3 is 2.40 bits per heavy atom. The first-order valence-electron chi connectivity index (χ1n) is 5.03. The fourth-order valence-corrected chi connectivity index (χ4v) is 2.27. The minimum atomic E-state index is -0.829. The van der Waals surface area contributed by atoms with E-state index in [0.29, 0.717) is 12.8 Å². The predicted molar refractivity (Wildman–Crippen MR) is 52.5 cm³/mol. The first-order valence-corrected chi connectivity index (χ1v) is 5.03. The smallest absolute Gasteiger partial charge is 0.306 e. The van der Waals surface area contributed by atoms with Gasteiger partial charge in [-0.25, -0.2) is 0 Å². The Labute approximate surface area is 89.0 Å². The molecule has 5 heteroatoms. The minimum absolute atomic E-state index is 0.0673. The molecule has 0 aliphatic heterocycles. The van der Waals surface area contributed by atoms with E-state index in [9.17, 15) is 9.90 Å². The summed E-state index contributed by atoms with van der Waals surface area (Å²) >= 11 is 0. The highest BCUT2D eigenvalue weighted by Crippen LogP contribution is 2.32. The number of methoxy groups -OCH3 is 2. The van der Waals surface area contributed by atoms with Gasteiger partial charge in [-0.15, -0.1) is 0 Å². The zero-order valence-corrected chi connectivity index (χ0v) is 9.05. The standard InChI is InChI=1S/C10H18O5/c1-14-8-4-6(10(12)13)3-7(5-11)9(8)15-2/h6-9,11H,3-5H2,1-2H3,(H,12,13). The predicted octanol–water partition coefficient (Wildman–Crippen LogP) is 0.119. The van der Waals surface area contributed by atoms with Crippen LogP contribution in [-0.4, -0.2) is 49.2 Å². The molecule has 5 nitrogen and oxygen atoms in total. The first-order chi connectivity index (χ1) is 7.13. The van der Waals surface area contributed by atoms with Crippen molar-refractivity contribution in [2.75, 3.05) is 20.8 Å². The van der Waals surface area contributed by atoms with Crippen LogP contribution in [0.4, 0.5) is 0 Å². The van der Waals surface area contributed by atoms with Gasteiger partial charge in [-0.2, -0.15) is 0 Å². The zero-order chi connectivity index (χ0) is 11.4. The maximum absolute atomic E-state index is 10.9. The maximum Gasteiger partial charge on any atom is 0.306 e. The van der Waals surface area contributed by atoms with Crippen LogP contribution < -0.4 is 0 Å². The van der Waals surface area contributed by atoms with Gasteiger partial charge in [0.1, 0.15) is 0 Å². The highest BCUT2D eigenvalue weighted by Gasteiger charge is 2.40. The van der Waals surface area contributed by atoms with Crippen molar-refractivity contribution in [2.45, 2.75) is 25.0 Å². The van der Waals surface area contributed by atoms with Crippen molar-refractivity contribution in [3.63, 3.8) is 0 Å². The van der Waals surface area contributed by atoms with Crippen molar-refractivity contribution in [3.8, 4) is 0 Å². The lowest BCUT2D eigenvalue weighted by Gasteiger charge is -2.38. The Hall–Kier alpha value is -0.650. The summed E-state index contributed by atoms with van der Waals surface area (Å²) in [5.74, 6) is -1.43. The number of ether oxygens (including phenoxy) is 2. The molecule has 0 spiro atoms. The molecular formula is C10H18O5. The molecule has 4 atom stereocenters. The first kappa shape index (κ1) is 12.4. The third-order valence-corrected chi connectivity index (χ3v) is 3.09. The van der Waals surface area contributed by atoms with Crippen LogP contribution in [0.15, 0.2) is 0 Å². The van der Waals surface area contributed by atoms with Gasteiger partial charge in [-0.1, -0.05) is 0 Å². The van der Waals surface area contributed by atoms with E-state index in [1.54, 1.807) is 7.11 Å². The molecule has 88 valence electrons. The van der Waals surface area contributed by atoms with Gasteiger partial charge in [-0.05, 0) is 12.8 Å². The largest absolute Gasteiger partial charge is 0.481 e. The van der Waals surface area contributed by atoms with Crippen LogP contribution in [0.3, 0.4) is 0 Å². The van der Waals surface area contributed by atoms with E-state index in [-0.39, 0.29) is 24.7 Å². The van der Waals surface area contributed by atoms with Crippen molar-refractivity contribution < 1.29 is 24.5 Å². The molecule has 0 radical (unpaired) electrons. The van der Waals surface area contributed by atoms with Crippen LogP contribution in [0.1, 0.15) is 12.8 Å². The van der Waals surface area contributed by atoms with Crippen LogP contribution in [0.5, 0.6) is 0 Å². The lowest BCUT2D eigenvalue weighted by atomic mass is 9.78. The molecular weight excluding hydrogens is 200 g/mol. The number of carboxylic acids is 1. The molecule has 0 aromatic carbocycles. The van der Waals surface area contributed by atoms with Crippen LogP contribution in [0.25, 0.3) is 0 Å². The Bertz CT molecular complexity index is 204. The summed E-state index contributed by atoms with van der Waals surface area (Å²) in [6.45, 7) is -0.0673. The van der Waals surface area contributed by atoms with Gasteiger partial charge >= 0.3 is 5.97 Å². The van der Waals surface area contributed by atoms with Crippen molar-refractivity contribution >= 4 is 5.97 Å². The Kier molecular flexibility index (Phi) is 4.50. The molecule has 1 aliphatic rings. The number of hydrogen-bond acceptors (Lipinski definition) is 4. The number of hydrogen-bond donors (Lipinski definition) is 2. The summed E-state index contributed by atoms with van der Waals surface area (Å²) in [6, 6.07) is 0. The van der Waals surface area contributed by atoms with E-state index < -0.39 is 11.9 Å². The third-order valence-electron chi connectivity index (χ3n) is 3.09. The lowest BCUT2D eigenvalue weighted by Crippen LogP contribution is -2.46. The molecule has 1 aliphatic carbocycles. The summed E-state index contributed by atoms with van der Waals surface area (Å²) in [6.07, 6.45) is 0.433. The molecule has 2 N–H and O–H groups in total. The van der Waals surface area contributed by atoms with Gasteiger partial charge in [0.2, 0.25) is 0 Å². The third kappa shape index (κ3) is 2.68. The summed E-state index contributed by atoms with van der Waals surface area (Å²) < 4.78 is 10.5. The maximum atomic E-state index is 10.9. The summed E-state index contributed by atoms with van der Waals surface area (Å²) in [5.41, 5.74) is 0. The van der Waals surface area contributed by atoms with Crippen molar-refractivity contribution in [1.82, 2.24) is 0 Å². The summed E-state index contributed by atoms with van der Waals surface area (Å²) in [4.78, 5) is 10.9. The van der Waals surface area contributed by atoms with E-state index in [1.165, 1.54) is 7.11 Å². The average Bonchev–Trinajstić information content (AvgIpc) is 2.26. The van der Waals surface area contributed by atoms with Crippen molar-refractivity contribution in [1.29, 1.82) is 0 Å². The highest BCUT2D eigenvalue weighted by molar-refractivity contribution is 5.70. The van der Waals surface area contributed by atoms with E-state index in [1.807, 2.05) is 0 Å². The number of aliphatic hydroxyl groups excluding tert-OH is 1. The number of carboxylic acid groups (broad SMARTS) is 1. The molecule has 15 heavy (non-hydrogen) atoms. The molecule has 1 fully saturated rings. The van der Waals surface area contributed by atoms with Crippen molar-refractivity contribution in [3.05, 3.63) is 0 Å². The average molecular weight is 218 g/mol. The quantitative estimate of drug-likeness (QED) is 0.701. The molecule has 0 heterocycles. The van der Waals surface area contributed by atoms with Crippen LogP contribution in [0, 0.1) is 11.8 Å². The molecule has 0 bridgehead atoms. The molecule has 1 saturated carbocycles. The molecule has 0 saturated heterocycles. The number of aliphatic hydroxyl groups is 1. The van der Waals surface area contributed by atoms with Gasteiger partial charge in [0.05, 0.1) is 18.1 Å². The second kappa shape index (κ2) is 5.44. The van der Waals surface area contributed by atoms with Crippen molar-refractivity contribution in [2.24, 2.45) is 11.8 Å². The summed E-state index contributed by atoms with van der Waals surface area (Å²) in [5, 5.41) is 18.1. The van der Waals surface area contributed by atoms with E-state index in [4.69, 9.17) is 14.6 Å². The fourth-order valence-electron chi connectivity index (χ4n) is 2.27. The Morgan fingerprint density at radius 1 is 1.33 bits per heavy atom. The lowest BCUT2D eigenvalue weighted by molar-refractivity contribution is -0.154. The Balaban J connectivity index is 2.73. The SMILES string of the molecule is COC1CC(C(=O)O)CC(CO)C1OC.